The molecule has 2 aromatic heterocycles. The van der Waals surface area contributed by atoms with Gasteiger partial charge in [-0.05, 0) is 37.2 Å². The number of hydrogen-bond donors (Lipinski definition) is 1. The van der Waals surface area contributed by atoms with Gasteiger partial charge in [-0.3, -0.25) is 0 Å². The second-order valence-electron chi connectivity index (χ2n) is 5.21. The van der Waals surface area contributed by atoms with Crippen molar-refractivity contribution >= 4 is 34.5 Å². The lowest BCUT2D eigenvalue weighted by Crippen LogP contribution is -2.27. The quantitative estimate of drug-likeness (QED) is 0.901. The third-order valence-corrected chi connectivity index (χ3v) is 5.13. The van der Waals surface area contributed by atoms with Gasteiger partial charge in [-0.25, -0.2) is 9.97 Å². The van der Waals surface area contributed by atoms with Crippen LogP contribution >= 0.6 is 23.4 Å². The highest BCUT2D eigenvalue weighted by Crippen LogP contribution is 2.64. The van der Waals surface area contributed by atoms with Crippen molar-refractivity contribution < 1.29 is 0 Å². The first kappa shape index (κ1) is 10.2. The number of aromatic amines is 1. The van der Waals surface area contributed by atoms with Crippen LogP contribution in [0.25, 0.3) is 11.2 Å². The fraction of sp³-hybridized carbons (Fsp3) is 0.500. The highest BCUT2D eigenvalue weighted by Gasteiger charge is 2.53. The molecule has 1 spiro atoms. The molecule has 4 rings (SSSR count). The Morgan fingerprint density at radius 3 is 3.00 bits per heavy atom. The average Bonchev–Trinajstić information content (AvgIpc) is 2.92. The Morgan fingerprint density at radius 1 is 1.41 bits per heavy atom. The molecule has 2 aliphatic carbocycles. The fourth-order valence-electron chi connectivity index (χ4n) is 2.64. The van der Waals surface area contributed by atoms with Crippen molar-refractivity contribution in [3.8, 4) is 0 Å². The maximum atomic E-state index is 5.90. The minimum atomic E-state index is 0.651. The van der Waals surface area contributed by atoms with Gasteiger partial charge in [0.2, 0.25) is 0 Å². The van der Waals surface area contributed by atoms with Crippen LogP contribution in [0.15, 0.2) is 17.4 Å². The molecule has 2 heterocycles. The van der Waals surface area contributed by atoms with Crippen LogP contribution in [-0.4, -0.2) is 20.2 Å². The highest BCUT2D eigenvalue weighted by molar-refractivity contribution is 7.99. The van der Waals surface area contributed by atoms with Crippen molar-refractivity contribution in [3.63, 3.8) is 0 Å². The number of halogens is 1. The second-order valence-corrected chi connectivity index (χ2v) is 6.94. The second kappa shape index (κ2) is 3.39. The minimum absolute atomic E-state index is 0.651. The van der Waals surface area contributed by atoms with Gasteiger partial charge in [-0.2, -0.15) is 0 Å². The van der Waals surface area contributed by atoms with Crippen LogP contribution in [0, 0.1) is 5.41 Å². The molecular formula is C12H12ClN3S. The summed E-state index contributed by atoms with van der Waals surface area (Å²) < 4.78 is 0. The summed E-state index contributed by atoms with van der Waals surface area (Å²) in [7, 11) is 0. The number of fused-ring (bicyclic) bond motifs is 1. The van der Waals surface area contributed by atoms with Gasteiger partial charge in [-0.15, -0.1) is 0 Å². The Labute approximate surface area is 108 Å². The smallest absolute Gasteiger partial charge is 0.178 e. The van der Waals surface area contributed by atoms with E-state index in [0.29, 0.717) is 5.02 Å². The fourth-order valence-corrected chi connectivity index (χ4v) is 4.30. The van der Waals surface area contributed by atoms with Gasteiger partial charge in [0.1, 0.15) is 0 Å². The molecular weight excluding hydrogens is 254 g/mol. The first-order chi connectivity index (χ1) is 8.22. The molecule has 0 atom stereocenters. The van der Waals surface area contributed by atoms with E-state index in [-0.39, 0.29) is 0 Å². The predicted octanol–water partition coefficient (Wildman–Crippen LogP) is 3.65. The maximum absolute atomic E-state index is 5.90. The van der Waals surface area contributed by atoms with E-state index >= 15 is 0 Å². The van der Waals surface area contributed by atoms with Crippen molar-refractivity contribution in [1.29, 1.82) is 0 Å². The van der Waals surface area contributed by atoms with Crippen LogP contribution in [0.5, 0.6) is 0 Å². The zero-order valence-corrected chi connectivity index (χ0v) is 10.8. The van der Waals surface area contributed by atoms with Crippen LogP contribution in [0.3, 0.4) is 0 Å². The third-order valence-electron chi connectivity index (χ3n) is 3.84. The Balaban J connectivity index is 1.55. The van der Waals surface area contributed by atoms with Crippen molar-refractivity contribution in [3.05, 3.63) is 17.3 Å². The van der Waals surface area contributed by atoms with E-state index in [9.17, 15) is 0 Å². The van der Waals surface area contributed by atoms with E-state index in [1.165, 1.54) is 25.7 Å². The van der Waals surface area contributed by atoms with E-state index in [2.05, 4.69) is 15.0 Å². The van der Waals surface area contributed by atoms with Crippen LogP contribution in [0.4, 0.5) is 0 Å². The van der Waals surface area contributed by atoms with Gasteiger partial charge in [0.15, 0.2) is 10.8 Å². The standard InChI is InChI=1S/C12H12ClN3S/c13-7-3-9-10(14-6-7)16-11(15-9)17-8-4-12(5-8)1-2-12/h3,6,8H,1-2,4-5H2,(H,14,15,16). The van der Waals surface area contributed by atoms with Crippen LogP contribution in [0.1, 0.15) is 25.7 Å². The van der Waals surface area contributed by atoms with E-state index in [1.54, 1.807) is 6.20 Å². The molecule has 0 radical (unpaired) electrons. The van der Waals surface area contributed by atoms with E-state index in [1.807, 2.05) is 17.8 Å². The molecule has 1 N–H and O–H groups in total. The molecule has 0 aromatic carbocycles. The summed E-state index contributed by atoms with van der Waals surface area (Å²) in [6, 6.07) is 1.88. The van der Waals surface area contributed by atoms with Gasteiger partial charge in [0.25, 0.3) is 0 Å². The highest BCUT2D eigenvalue weighted by atomic mass is 35.5. The SMILES string of the molecule is Clc1cnc2nc(SC3CC4(CC4)C3)[nH]c2c1. The molecule has 17 heavy (non-hydrogen) atoms. The number of pyridine rings is 1. The van der Waals surface area contributed by atoms with Crippen LogP contribution in [-0.2, 0) is 0 Å². The first-order valence-corrected chi connectivity index (χ1v) is 7.16. The first-order valence-electron chi connectivity index (χ1n) is 5.90. The molecule has 2 saturated carbocycles. The van der Waals surface area contributed by atoms with Crippen molar-refractivity contribution in [2.45, 2.75) is 36.1 Å². The summed E-state index contributed by atoms with van der Waals surface area (Å²) in [5.74, 6) is 0. The van der Waals surface area contributed by atoms with Crippen molar-refractivity contribution in [2.24, 2.45) is 5.41 Å². The van der Waals surface area contributed by atoms with Crippen molar-refractivity contribution in [2.75, 3.05) is 0 Å². The third kappa shape index (κ3) is 1.74. The molecule has 0 amide bonds. The molecule has 88 valence electrons. The van der Waals surface area contributed by atoms with Gasteiger partial charge < -0.3 is 4.98 Å². The van der Waals surface area contributed by atoms with E-state index in [0.717, 1.165) is 27.0 Å². The number of thioether (sulfide) groups is 1. The number of hydrogen-bond acceptors (Lipinski definition) is 3. The van der Waals surface area contributed by atoms with Gasteiger partial charge in [0, 0.05) is 11.4 Å². The monoisotopic (exact) mass is 265 g/mol. The topological polar surface area (TPSA) is 41.6 Å². The van der Waals surface area contributed by atoms with Gasteiger partial charge in [-0.1, -0.05) is 23.4 Å². The number of H-pyrrole nitrogens is 1. The maximum Gasteiger partial charge on any atom is 0.178 e. The van der Waals surface area contributed by atoms with Crippen LogP contribution < -0.4 is 0 Å². The predicted molar refractivity (Wildman–Crippen MR) is 69.4 cm³/mol. The molecule has 0 unspecified atom stereocenters. The molecule has 0 bridgehead atoms. The molecule has 2 fully saturated rings. The Hall–Kier alpha value is -0.740. The average molecular weight is 266 g/mol. The summed E-state index contributed by atoms with van der Waals surface area (Å²) in [4.78, 5) is 12.0. The lowest BCUT2D eigenvalue weighted by atomic mass is 9.81. The molecule has 0 aliphatic heterocycles. The molecule has 5 heteroatoms. The number of aromatic nitrogens is 3. The summed E-state index contributed by atoms with van der Waals surface area (Å²) in [6.07, 6.45) is 7.26. The summed E-state index contributed by atoms with van der Waals surface area (Å²) >= 11 is 7.76. The number of imidazole rings is 1. The van der Waals surface area contributed by atoms with E-state index < -0.39 is 0 Å². The lowest BCUT2D eigenvalue weighted by molar-refractivity contribution is 0.302. The lowest BCUT2D eigenvalue weighted by Gasteiger charge is -2.34. The zero-order valence-electron chi connectivity index (χ0n) is 9.24. The molecule has 2 aromatic rings. The summed E-state index contributed by atoms with van der Waals surface area (Å²) in [5, 5.41) is 2.38. The molecule has 2 aliphatic rings. The Morgan fingerprint density at radius 2 is 2.24 bits per heavy atom. The Bertz CT molecular complexity index is 582. The summed E-state index contributed by atoms with van der Waals surface area (Å²) in [6.45, 7) is 0. The molecule has 3 nitrogen and oxygen atoms in total. The van der Waals surface area contributed by atoms with Crippen molar-refractivity contribution in [1.82, 2.24) is 15.0 Å². The van der Waals surface area contributed by atoms with Gasteiger partial charge >= 0.3 is 0 Å². The normalized spacial score (nSPS) is 21.9. The van der Waals surface area contributed by atoms with E-state index in [4.69, 9.17) is 11.6 Å². The number of nitrogens with one attached hydrogen (secondary N) is 1. The summed E-state index contributed by atoms with van der Waals surface area (Å²) in [5.41, 5.74) is 2.45. The Kier molecular flexibility index (Phi) is 2.03. The largest absolute Gasteiger partial charge is 0.331 e. The molecule has 0 saturated heterocycles. The number of nitrogens with zero attached hydrogens (tertiary/aromatic N) is 2. The number of rotatable bonds is 2. The van der Waals surface area contributed by atoms with Crippen LogP contribution in [0.2, 0.25) is 5.02 Å². The minimum Gasteiger partial charge on any atom is -0.331 e. The zero-order chi connectivity index (χ0) is 11.5. The van der Waals surface area contributed by atoms with Gasteiger partial charge in [0.05, 0.1) is 10.5 Å².